The summed E-state index contributed by atoms with van der Waals surface area (Å²) in [5, 5.41) is 24.6. The molecule has 0 aliphatic heterocycles. The summed E-state index contributed by atoms with van der Waals surface area (Å²) in [6.45, 7) is 0. The van der Waals surface area contributed by atoms with Gasteiger partial charge >= 0.3 is 0 Å². The van der Waals surface area contributed by atoms with Crippen molar-refractivity contribution in [1.82, 2.24) is 9.13 Å². The molecule has 0 fully saturated rings. The van der Waals surface area contributed by atoms with Crippen molar-refractivity contribution in [3.63, 3.8) is 0 Å². The summed E-state index contributed by atoms with van der Waals surface area (Å²) < 4.78 is 4.58. The maximum Gasteiger partial charge on any atom is 0.0998 e. The highest BCUT2D eigenvalue weighted by Crippen LogP contribution is 2.42. The standard InChI is InChI=1S/C38H22N4/c39-23-25-18-19-26(24-40)31(20-25)33-22-37-32(30-14-6-7-15-34(30)41(37)27-10-2-1-3-11-27)21-38(33)42-35-16-8-4-12-28(35)29-13-5-9-17-36(29)42/h1-22H. The number of hydrogen-bond acceptors (Lipinski definition) is 2. The molecule has 42 heavy (non-hydrogen) atoms. The van der Waals surface area contributed by atoms with Gasteiger partial charge in [-0.3, -0.25) is 0 Å². The minimum absolute atomic E-state index is 0.515. The molecule has 0 saturated carbocycles. The van der Waals surface area contributed by atoms with E-state index in [1.807, 2.05) is 24.3 Å². The molecule has 0 radical (unpaired) electrons. The van der Waals surface area contributed by atoms with Gasteiger partial charge in [0, 0.05) is 38.4 Å². The molecule has 0 aliphatic rings. The van der Waals surface area contributed by atoms with Gasteiger partial charge in [0.05, 0.1) is 51.0 Å². The van der Waals surface area contributed by atoms with Gasteiger partial charge in [0.15, 0.2) is 0 Å². The van der Waals surface area contributed by atoms with Crippen LogP contribution in [0.1, 0.15) is 11.1 Å². The number of benzene rings is 6. The second-order valence-corrected chi connectivity index (χ2v) is 10.4. The molecule has 0 N–H and O–H groups in total. The first kappa shape index (κ1) is 23.8. The first-order valence-electron chi connectivity index (χ1n) is 13.8. The molecule has 6 aromatic carbocycles. The quantitative estimate of drug-likeness (QED) is 0.227. The van der Waals surface area contributed by atoms with Gasteiger partial charge in [0.1, 0.15) is 0 Å². The smallest absolute Gasteiger partial charge is 0.0998 e. The van der Waals surface area contributed by atoms with E-state index in [0.29, 0.717) is 11.1 Å². The minimum atomic E-state index is 0.515. The SMILES string of the molecule is N#Cc1ccc(C#N)c(-c2cc3c(cc2-n2c4ccccc4c4ccccc42)c2ccccc2n3-c2ccccc2)c1. The number of para-hydroxylation sites is 4. The molecule has 0 spiro atoms. The van der Waals surface area contributed by atoms with E-state index in [0.717, 1.165) is 66.1 Å². The lowest BCUT2D eigenvalue weighted by Crippen LogP contribution is -2.00. The predicted octanol–water partition coefficient (Wildman–Crippen LogP) is 9.29. The Morgan fingerprint density at radius 1 is 0.429 bits per heavy atom. The van der Waals surface area contributed by atoms with Gasteiger partial charge in [-0.05, 0) is 60.7 Å². The summed E-state index contributed by atoms with van der Waals surface area (Å²) in [5.74, 6) is 0. The Kier molecular flexibility index (Phi) is 5.22. The Hall–Kier alpha value is -6.10. The zero-order valence-electron chi connectivity index (χ0n) is 22.5. The van der Waals surface area contributed by atoms with E-state index in [9.17, 15) is 10.5 Å². The largest absolute Gasteiger partial charge is 0.309 e. The third-order valence-corrected chi connectivity index (χ3v) is 8.18. The molecule has 8 aromatic rings. The Balaban J connectivity index is 1.60. The van der Waals surface area contributed by atoms with Crippen LogP contribution in [0.4, 0.5) is 0 Å². The van der Waals surface area contributed by atoms with Gasteiger partial charge in [-0.15, -0.1) is 0 Å². The molecule has 4 heteroatoms. The van der Waals surface area contributed by atoms with Gasteiger partial charge in [-0.25, -0.2) is 0 Å². The van der Waals surface area contributed by atoms with Gasteiger partial charge in [0.25, 0.3) is 0 Å². The van der Waals surface area contributed by atoms with Crippen LogP contribution < -0.4 is 0 Å². The summed E-state index contributed by atoms with van der Waals surface area (Å²) in [6, 6.07) is 50.1. The topological polar surface area (TPSA) is 57.4 Å². The fraction of sp³-hybridized carbons (Fsp3) is 0. The highest BCUT2D eigenvalue weighted by atomic mass is 15.0. The molecule has 2 heterocycles. The molecule has 194 valence electrons. The molecule has 4 nitrogen and oxygen atoms in total. The van der Waals surface area contributed by atoms with Gasteiger partial charge < -0.3 is 9.13 Å². The van der Waals surface area contributed by atoms with Crippen LogP contribution in [0.3, 0.4) is 0 Å². The molecule has 0 amide bonds. The van der Waals surface area contributed by atoms with Crippen LogP contribution in [-0.4, -0.2) is 9.13 Å². The second-order valence-electron chi connectivity index (χ2n) is 10.4. The van der Waals surface area contributed by atoms with Crippen molar-refractivity contribution < 1.29 is 0 Å². The van der Waals surface area contributed by atoms with Crippen molar-refractivity contribution in [2.24, 2.45) is 0 Å². The van der Waals surface area contributed by atoms with E-state index in [-0.39, 0.29) is 0 Å². The lowest BCUT2D eigenvalue weighted by atomic mass is 9.95. The highest BCUT2D eigenvalue weighted by molar-refractivity contribution is 6.14. The summed E-state index contributed by atoms with van der Waals surface area (Å²) in [7, 11) is 0. The number of fused-ring (bicyclic) bond motifs is 6. The Morgan fingerprint density at radius 2 is 1.00 bits per heavy atom. The normalized spacial score (nSPS) is 11.3. The van der Waals surface area contributed by atoms with Gasteiger partial charge in [-0.2, -0.15) is 10.5 Å². The molecule has 8 rings (SSSR count). The Bertz CT molecular complexity index is 2380. The highest BCUT2D eigenvalue weighted by Gasteiger charge is 2.21. The molecule has 0 bridgehead atoms. The zero-order valence-corrected chi connectivity index (χ0v) is 22.5. The van der Waals surface area contributed by atoms with Crippen LogP contribution in [0.2, 0.25) is 0 Å². The van der Waals surface area contributed by atoms with E-state index < -0.39 is 0 Å². The van der Waals surface area contributed by atoms with Crippen LogP contribution in [0.5, 0.6) is 0 Å². The summed E-state index contributed by atoms with van der Waals surface area (Å²) in [5.41, 5.74) is 9.00. The molecule has 0 aliphatic carbocycles. The number of nitrogens with zero attached hydrogens (tertiary/aromatic N) is 4. The van der Waals surface area contributed by atoms with Crippen molar-refractivity contribution in [2.45, 2.75) is 0 Å². The summed E-state index contributed by atoms with van der Waals surface area (Å²) in [6.07, 6.45) is 0. The number of nitriles is 2. The number of aromatic nitrogens is 2. The van der Waals surface area contributed by atoms with Crippen molar-refractivity contribution in [1.29, 1.82) is 10.5 Å². The number of rotatable bonds is 3. The maximum absolute atomic E-state index is 10.2. The monoisotopic (exact) mass is 534 g/mol. The predicted molar refractivity (Wildman–Crippen MR) is 170 cm³/mol. The Morgan fingerprint density at radius 3 is 1.62 bits per heavy atom. The van der Waals surface area contributed by atoms with E-state index in [1.165, 1.54) is 0 Å². The van der Waals surface area contributed by atoms with Crippen LogP contribution in [0.15, 0.2) is 133 Å². The van der Waals surface area contributed by atoms with E-state index in [2.05, 4.69) is 118 Å². The maximum atomic E-state index is 10.2. The van der Waals surface area contributed by atoms with Crippen molar-refractivity contribution in [3.05, 3.63) is 145 Å². The molecule has 2 aromatic heterocycles. The lowest BCUT2D eigenvalue weighted by Gasteiger charge is -2.17. The van der Waals surface area contributed by atoms with Crippen molar-refractivity contribution in [2.75, 3.05) is 0 Å². The van der Waals surface area contributed by atoms with Gasteiger partial charge in [-0.1, -0.05) is 72.8 Å². The summed E-state index contributed by atoms with van der Waals surface area (Å²) in [4.78, 5) is 0. The fourth-order valence-corrected chi connectivity index (χ4v) is 6.38. The first-order valence-corrected chi connectivity index (χ1v) is 13.8. The molecule has 0 saturated heterocycles. The average Bonchev–Trinajstić information content (AvgIpc) is 3.56. The van der Waals surface area contributed by atoms with E-state index in [4.69, 9.17) is 0 Å². The van der Waals surface area contributed by atoms with Crippen LogP contribution in [-0.2, 0) is 0 Å². The number of hydrogen-bond donors (Lipinski definition) is 0. The molecule has 0 unspecified atom stereocenters. The third kappa shape index (κ3) is 3.40. The lowest BCUT2D eigenvalue weighted by molar-refractivity contribution is 1.17. The van der Waals surface area contributed by atoms with E-state index in [1.54, 1.807) is 12.1 Å². The summed E-state index contributed by atoms with van der Waals surface area (Å²) >= 11 is 0. The van der Waals surface area contributed by atoms with Crippen molar-refractivity contribution in [3.8, 4) is 34.6 Å². The molecular formula is C38H22N4. The first-order chi connectivity index (χ1) is 20.8. The van der Waals surface area contributed by atoms with Crippen molar-refractivity contribution >= 4 is 43.6 Å². The van der Waals surface area contributed by atoms with Gasteiger partial charge in [0.2, 0.25) is 0 Å². The van der Waals surface area contributed by atoms with Crippen LogP contribution in [0.25, 0.3) is 66.1 Å². The Labute approximate surface area is 242 Å². The second kappa shape index (κ2) is 9.24. The molecule has 0 atom stereocenters. The third-order valence-electron chi connectivity index (χ3n) is 8.18. The zero-order chi connectivity index (χ0) is 28.2. The minimum Gasteiger partial charge on any atom is -0.309 e. The van der Waals surface area contributed by atoms with Crippen LogP contribution >= 0.6 is 0 Å². The van der Waals surface area contributed by atoms with E-state index >= 15 is 0 Å². The molecular weight excluding hydrogens is 512 g/mol. The fourth-order valence-electron chi connectivity index (χ4n) is 6.38. The average molecular weight is 535 g/mol. The van der Waals surface area contributed by atoms with Crippen LogP contribution in [0, 0.1) is 22.7 Å².